The van der Waals surface area contributed by atoms with E-state index in [2.05, 4.69) is 49.0 Å². The first-order chi connectivity index (χ1) is 15.5. The second-order valence-electron chi connectivity index (χ2n) is 7.80. The van der Waals surface area contributed by atoms with E-state index in [9.17, 15) is 9.59 Å². The number of carbonyl (C=O) groups excluding carboxylic acids is 2. The van der Waals surface area contributed by atoms with Crippen LogP contribution in [0.25, 0.3) is 33.6 Å². The van der Waals surface area contributed by atoms with E-state index in [0.717, 1.165) is 37.2 Å². The van der Waals surface area contributed by atoms with Gasteiger partial charge in [-0.25, -0.2) is 9.97 Å². The highest BCUT2D eigenvalue weighted by Crippen LogP contribution is 2.27. The van der Waals surface area contributed by atoms with E-state index in [1.807, 2.05) is 23.1 Å². The molecule has 0 aliphatic carbocycles. The fourth-order valence-corrected chi connectivity index (χ4v) is 3.80. The monoisotopic (exact) mass is 430 g/mol. The molecule has 10 heteroatoms. The molecule has 10 nitrogen and oxygen atoms in total. The van der Waals surface area contributed by atoms with Gasteiger partial charge in [-0.15, -0.1) is 0 Å². The second-order valence-corrected chi connectivity index (χ2v) is 7.80. The Morgan fingerprint density at radius 1 is 1.19 bits per heavy atom. The Hall–Kier alpha value is -4.05. The topological polar surface area (TPSA) is 123 Å². The standard InChI is InChI=1S/C22H22N8O2/c1-3-18(31)24-14-11-15-19(27-28-20(15)23-12-14)21-25-16-5-4-13(10-17(16)26-21)22(32)30-8-6-29(2)7-9-30/h3-5,10-12H,1,6-9H2,2H3,(H,24,31)(H,25,26)(H,23,27,28). The van der Waals surface area contributed by atoms with Crippen LogP contribution in [0.4, 0.5) is 5.69 Å². The van der Waals surface area contributed by atoms with Crippen molar-refractivity contribution in [2.24, 2.45) is 0 Å². The number of fused-ring (bicyclic) bond motifs is 2. The summed E-state index contributed by atoms with van der Waals surface area (Å²) in [5, 5.41) is 10.6. The second kappa shape index (κ2) is 7.89. The Morgan fingerprint density at radius 3 is 2.78 bits per heavy atom. The zero-order valence-corrected chi connectivity index (χ0v) is 17.6. The minimum atomic E-state index is -0.322. The van der Waals surface area contributed by atoms with Crippen LogP contribution in [0, 0.1) is 0 Å². The summed E-state index contributed by atoms with van der Waals surface area (Å²) >= 11 is 0. The van der Waals surface area contributed by atoms with Crippen LogP contribution in [0.1, 0.15) is 10.4 Å². The van der Waals surface area contributed by atoms with Crippen LogP contribution in [-0.2, 0) is 4.79 Å². The number of carbonyl (C=O) groups is 2. The molecule has 0 saturated carbocycles. The number of benzene rings is 1. The highest BCUT2D eigenvalue weighted by Gasteiger charge is 2.21. The lowest BCUT2D eigenvalue weighted by atomic mass is 10.1. The molecule has 2 amide bonds. The Kier molecular flexibility index (Phi) is 4.91. The van der Waals surface area contributed by atoms with Crippen molar-refractivity contribution in [1.29, 1.82) is 0 Å². The third-order valence-corrected chi connectivity index (χ3v) is 5.62. The van der Waals surface area contributed by atoms with Crippen molar-refractivity contribution in [1.82, 2.24) is 34.9 Å². The van der Waals surface area contributed by atoms with Crippen LogP contribution in [0.15, 0.2) is 43.1 Å². The molecule has 3 N–H and O–H groups in total. The number of hydrogen-bond donors (Lipinski definition) is 3. The molecule has 5 rings (SSSR count). The fourth-order valence-electron chi connectivity index (χ4n) is 3.80. The van der Waals surface area contributed by atoms with Crippen LogP contribution < -0.4 is 5.32 Å². The SMILES string of the molecule is C=CC(=O)Nc1cnc2n[nH]c(-c3nc4ccc(C(=O)N5CCN(C)CC5)cc4[nH]3)c2c1. The molecule has 4 aromatic rings. The normalized spacial score (nSPS) is 14.7. The van der Waals surface area contributed by atoms with Crippen molar-refractivity contribution in [3.8, 4) is 11.5 Å². The summed E-state index contributed by atoms with van der Waals surface area (Å²) < 4.78 is 0. The molecule has 0 atom stereocenters. The van der Waals surface area contributed by atoms with Gasteiger partial charge < -0.3 is 20.1 Å². The number of anilines is 1. The van der Waals surface area contributed by atoms with Gasteiger partial charge in [-0.1, -0.05) is 6.58 Å². The molecule has 162 valence electrons. The highest BCUT2D eigenvalue weighted by atomic mass is 16.2. The van der Waals surface area contributed by atoms with E-state index < -0.39 is 0 Å². The molecule has 0 radical (unpaired) electrons. The van der Waals surface area contributed by atoms with Crippen LogP contribution >= 0.6 is 0 Å². The zero-order chi connectivity index (χ0) is 22.2. The number of hydrogen-bond acceptors (Lipinski definition) is 6. The number of imidazole rings is 1. The number of H-pyrrole nitrogens is 2. The number of aromatic amines is 2. The van der Waals surface area contributed by atoms with Gasteiger partial charge in [-0.3, -0.25) is 14.7 Å². The molecule has 0 spiro atoms. The predicted molar refractivity (Wildman–Crippen MR) is 121 cm³/mol. The van der Waals surface area contributed by atoms with Gasteiger partial charge in [-0.2, -0.15) is 5.10 Å². The van der Waals surface area contributed by atoms with Gasteiger partial charge in [0.25, 0.3) is 5.91 Å². The molecule has 0 bridgehead atoms. The smallest absolute Gasteiger partial charge is 0.254 e. The third-order valence-electron chi connectivity index (χ3n) is 5.62. The lowest BCUT2D eigenvalue weighted by molar-refractivity contribution is -0.111. The van der Waals surface area contributed by atoms with Gasteiger partial charge in [-0.05, 0) is 37.4 Å². The Labute approximate surface area is 183 Å². The van der Waals surface area contributed by atoms with E-state index in [1.54, 1.807) is 6.07 Å². The van der Waals surface area contributed by atoms with Crippen molar-refractivity contribution >= 4 is 39.6 Å². The van der Waals surface area contributed by atoms with Gasteiger partial charge in [0.2, 0.25) is 5.91 Å². The van der Waals surface area contributed by atoms with Crippen molar-refractivity contribution in [3.63, 3.8) is 0 Å². The van der Waals surface area contributed by atoms with E-state index in [1.165, 1.54) is 12.3 Å². The van der Waals surface area contributed by atoms with Crippen molar-refractivity contribution < 1.29 is 9.59 Å². The average molecular weight is 430 g/mol. The van der Waals surface area contributed by atoms with Gasteiger partial charge in [0.15, 0.2) is 11.5 Å². The highest BCUT2D eigenvalue weighted by molar-refractivity contribution is 6.01. The molecule has 1 saturated heterocycles. The van der Waals surface area contributed by atoms with E-state index in [4.69, 9.17) is 0 Å². The van der Waals surface area contributed by atoms with Gasteiger partial charge in [0.1, 0.15) is 5.69 Å². The fraction of sp³-hybridized carbons (Fsp3) is 0.227. The molecule has 32 heavy (non-hydrogen) atoms. The minimum Gasteiger partial charge on any atom is -0.337 e. The average Bonchev–Trinajstić information content (AvgIpc) is 3.42. The van der Waals surface area contributed by atoms with E-state index >= 15 is 0 Å². The number of piperazine rings is 1. The van der Waals surface area contributed by atoms with E-state index in [-0.39, 0.29) is 11.8 Å². The first kappa shape index (κ1) is 19.9. The molecular formula is C22H22N8O2. The number of nitrogens with one attached hydrogen (secondary N) is 3. The van der Waals surface area contributed by atoms with Crippen LogP contribution in [0.5, 0.6) is 0 Å². The number of pyridine rings is 1. The van der Waals surface area contributed by atoms with Crippen molar-refractivity contribution in [2.45, 2.75) is 0 Å². The number of rotatable bonds is 4. The summed E-state index contributed by atoms with van der Waals surface area (Å²) in [6.45, 7) is 6.65. The number of aromatic nitrogens is 5. The van der Waals surface area contributed by atoms with Gasteiger partial charge in [0.05, 0.1) is 28.3 Å². The lowest BCUT2D eigenvalue weighted by Gasteiger charge is -2.32. The molecule has 1 aliphatic rings. The van der Waals surface area contributed by atoms with Crippen molar-refractivity contribution in [2.75, 3.05) is 38.5 Å². The summed E-state index contributed by atoms with van der Waals surface area (Å²) in [4.78, 5) is 40.8. The largest absolute Gasteiger partial charge is 0.337 e. The molecule has 0 unspecified atom stereocenters. The maximum Gasteiger partial charge on any atom is 0.254 e. The van der Waals surface area contributed by atoms with Crippen LogP contribution in [0.2, 0.25) is 0 Å². The zero-order valence-electron chi connectivity index (χ0n) is 17.6. The lowest BCUT2D eigenvalue weighted by Crippen LogP contribution is -2.47. The maximum absolute atomic E-state index is 12.9. The van der Waals surface area contributed by atoms with Crippen molar-refractivity contribution in [3.05, 3.63) is 48.7 Å². The number of nitrogens with zero attached hydrogens (tertiary/aromatic N) is 5. The summed E-state index contributed by atoms with van der Waals surface area (Å²) in [6.07, 6.45) is 2.73. The third kappa shape index (κ3) is 3.60. The van der Waals surface area contributed by atoms with Crippen LogP contribution in [-0.4, -0.2) is 80.0 Å². The first-order valence-electron chi connectivity index (χ1n) is 10.3. The molecule has 4 heterocycles. The minimum absolute atomic E-state index is 0.0231. The summed E-state index contributed by atoms with van der Waals surface area (Å²) in [7, 11) is 2.06. The molecule has 1 aliphatic heterocycles. The molecule has 1 fully saturated rings. The molecule has 1 aromatic carbocycles. The van der Waals surface area contributed by atoms with Crippen LogP contribution in [0.3, 0.4) is 0 Å². The number of likely N-dealkylation sites (N-methyl/N-ethyl adjacent to an activating group) is 1. The molecular weight excluding hydrogens is 408 g/mol. The Bertz CT molecular complexity index is 1350. The Balaban J connectivity index is 1.47. The van der Waals surface area contributed by atoms with Gasteiger partial charge >= 0.3 is 0 Å². The Morgan fingerprint density at radius 2 is 2.00 bits per heavy atom. The molecule has 3 aromatic heterocycles. The predicted octanol–water partition coefficient (Wildman–Crippen LogP) is 2.01. The maximum atomic E-state index is 12.9. The summed E-state index contributed by atoms with van der Waals surface area (Å²) in [6, 6.07) is 7.26. The summed E-state index contributed by atoms with van der Waals surface area (Å²) in [5.74, 6) is 0.271. The quantitative estimate of drug-likeness (QED) is 0.426. The summed E-state index contributed by atoms with van der Waals surface area (Å²) in [5.41, 5.74) is 3.80. The first-order valence-corrected chi connectivity index (χ1v) is 10.3. The number of amides is 2. The van der Waals surface area contributed by atoms with E-state index in [0.29, 0.717) is 33.8 Å². The van der Waals surface area contributed by atoms with Gasteiger partial charge in [0, 0.05) is 31.7 Å².